The molecule has 1 amide bonds. The van der Waals surface area contributed by atoms with Crippen molar-refractivity contribution in [2.45, 2.75) is 59.1 Å². The third-order valence-electron chi connectivity index (χ3n) is 7.74. The molecule has 1 aliphatic heterocycles. The van der Waals surface area contributed by atoms with Crippen molar-refractivity contribution < 1.29 is 14.3 Å². The van der Waals surface area contributed by atoms with Gasteiger partial charge in [-0.1, -0.05) is 39.8 Å². The highest BCUT2D eigenvalue weighted by molar-refractivity contribution is 5.78. The third kappa shape index (κ3) is 2.79. The maximum absolute atomic E-state index is 12.6. The fourth-order valence-corrected chi connectivity index (χ4v) is 6.24. The number of amides is 1. The van der Waals surface area contributed by atoms with Crippen LogP contribution in [0.3, 0.4) is 0 Å². The topological polar surface area (TPSA) is 47.6 Å². The van der Waals surface area contributed by atoms with E-state index in [4.69, 9.17) is 9.47 Å². The summed E-state index contributed by atoms with van der Waals surface area (Å²) in [5.74, 6) is 2.16. The SMILES string of the molecule is COc1cccc([C@H]2OCC[C@@]34C[C@@H](C[C@H]23)C(C)(C)[C@@H]4NC(=O)C(C)C)c1. The van der Waals surface area contributed by atoms with Crippen molar-refractivity contribution in [1.82, 2.24) is 5.32 Å². The number of hydrogen-bond donors (Lipinski definition) is 1. The Bertz CT molecular complexity index is 728. The maximum atomic E-state index is 12.6. The lowest BCUT2D eigenvalue weighted by atomic mass is 9.58. The van der Waals surface area contributed by atoms with Gasteiger partial charge in [0.05, 0.1) is 13.2 Å². The molecule has 27 heavy (non-hydrogen) atoms. The molecule has 1 aromatic carbocycles. The van der Waals surface area contributed by atoms with E-state index in [0.717, 1.165) is 18.8 Å². The molecule has 1 aromatic rings. The molecule has 1 heterocycles. The zero-order valence-electron chi connectivity index (χ0n) is 17.2. The van der Waals surface area contributed by atoms with E-state index in [9.17, 15) is 4.79 Å². The normalized spacial score (nSPS) is 36.5. The first-order valence-corrected chi connectivity index (χ1v) is 10.4. The number of carbonyl (C=O) groups is 1. The van der Waals surface area contributed by atoms with Crippen LogP contribution >= 0.6 is 0 Å². The number of carbonyl (C=O) groups excluding carboxylic acids is 1. The van der Waals surface area contributed by atoms with E-state index in [1.54, 1.807) is 7.11 Å². The van der Waals surface area contributed by atoms with Gasteiger partial charge in [-0.3, -0.25) is 4.79 Å². The zero-order valence-corrected chi connectivity index (χ0v) is 17.2. The van der Waals surface area contributed by atoms with Crippen molar-refractivity contribution >= 4 is 5.91 Å². The van der Waals surface area contributed by atoms with Crippen LogP contribution in [0.2, 0.25) is 0 Å². The monoisotopic (exact) mass is 371 g/mol. The number of nitrogens with one attached hydrogen (secondary N) is 1. The van der Waals surface area contributed by atoms with Gasteiger partial charge in [0, 0.05) is 18.6 Å². The fourth-order valence-electron chi connectivity index (χ4n) is 6.24. The number of benzene rings is 1. The lowest BCUT2D eigenvalue weighted by Crippen LogP contribution is -2.59. The summed E-state index contributed by atoms with van der Waals surface area (Å²) in [5, 5.41) is 3.47. The summed E-state index contributed by atoms with van der Waals surface area (Å²) in [5.41, 5.74) is 1.49. The van der Waals surface area contributed by atoms with Gasteiger partial charge >= 0.3 is 0 Å². The molecule has 1 N–H and O–H groups in total. The molecule has 148 valence electrons. The molecule has 0 unspecified atom stereocenters. The number of hydrogen-bond acceptors (Lipinski definition) is 3. The van der Waals surface area contributed by atoms with Crippen molar-refractivity contribution in [1.29, 1.82) is 0 Å². The summed E-state index contributed by atoms with van der Waals surface area (Å²) in [7, 11) is 1.71. The summed E-state index contributed by atoms with van der Waals surface area (Å²) < 4.78 is 11.8. The number of ether oxygens (including phenoxy) is 2. The quantitative estimate of drug-likeness (QED) is 0.856. The zero-order chi connectivity index (χ0) is 19.4. The van der Waals surface area contributed by atoms with Crippen LogP contribution in [0.15, 0.2) is 24.3 Å². The van der Waals surface area contributed by atoms with Crippen LogP contribution in [0.1, 0.15) is 58.6 Å². The molecule has 1 spiro atoms. The number of fused-ring (bicyclic) bond motifs is 1. The van der Waals surface area contributed by atoms with Crippen molar-refractivity contribution in [3.05, 3.63) is 29.8 Å². The Morgan fingerprint density at radius 3 is 2.81 bits per heavy atom. The first kappa shape index (κ1) is 18.8. The predicted molar refractivity (Wildman–Crippen MR) is 106 cm³/mol. The average Bonchev–Trinajstić information content (AvgIpc) is 3.14. The summed E-state index contributed by atoms with van der Waals surface area (Å²) >= 11 is 0. The molecule has 4 nitrogen and oxygen atoms in total. The predicted octanol–water partition coefficient (Wildman–Crippen LogP) is 4.35. The van der Waals surface area contributed by atoms with Gasteiger partial charge in [0.2, 0.25) is 5.91 Å². The van der Waals surface area contributed by atoms with Gasteiger partial charge in [0.1, 0.15) is 5.75 Å². The van der Waals surface area contributed by atoms with Crippen LogP contribution < -0.4 is 10.1 Å². The van der Waals surface area contributed by atoms with Gasteiger partial charge in [-0.25, -0.2) is 0 Å². The molecule has 1 saturated heterocycles. The fraction of sp³-hybridized carbons (Fsp3) is 0.696. The van der Waals surface area contributed by atoms with Gasteiger partial charge in [0.15, 0.2) is 0 Å². The van der Waals surface area contributed by atoms with E-state index in [-0.39, 0.29) is 34.8 Å². The molecule has 3 aliphatic rings. The smallest absolute Gasteiger partial charge is 0.222 e. The van der Waals surface area contributed by atoms with Gasteiger partial charge < -0.3 is 14.8 Å². The molecule has 0 radical (unpaired) electrons. The lowest BCUT2D eigenvalue weighted by Gasteiger charge is -2.53. The van der Waals surface area contributed by atoms with Crippen molar-refractivity contribution in [2.75, 3.05) is 13.7 Å². The minimum atomic E-state index is 0.0174. The van der Waals surface area contributed by atoms with E-state index >= 15 is 0 Å². The second kappa shape index (κ2) is 6.51. The Morgan fingerprint density at radius 1 is 1.33 bits per heavy atom. The maximum Gasteiger partial charge on any atom is 0.222 e. The first-order chi connectivity index (χ1) is 12.8. The minimum absolute atomic E-state index is 0.0174. The highest BCUT2D eigenvalue weighted by Crippen LogP contribution is 2.70. The molecule has 2 saturated carbocycles. The van der Waals surface area contributed by atoms with Crippen LogP contribution in [0, 0.1) is 28.6 Å². The number of methoxy groups -OCH3 is 1. The lowest BCUT2D eigenvalue weighted by molar-refractivity contribution is -0.139. The summed E-state index contributed by atoms with van der Waals surface area (Å²) in [6, 6.07) is 8.53. The Hall–Kier alpha value is -1.55. The Labute approximate surface area is 163 Å². The Kier molecular flexibility index (Phi) is 4.53. The van der Waals surface area contributed by atoms with Crippen molar-refractivity contribution in [3.8, 4) is 5.75 Å². The average molecular weight is 372 g/mol. The third-order valence-corrected chi connectivity index (χ3v) is 7.74. The second-order valence-electron chi connectivity index (χ2n) is 9.71. The first-order valence-electron chi connectivity index (χ1n) is 10.4. The Morgan fingerprint density at radius 2 is 2.11 bits per heavy atom. The van der Waals surface area contributed by atoms with E-state index < -0.39 is 0 Å². The highest BCUT2D eigenvalue weighted by Gasteiger charge is 2.68. The largest absolute Gasteiger partial charge is 0.497 e. The van der Waals surface area contributed by atoms with Crippen LogP contribution in [-0.4, -0.2) is 25.7 Å². The molecular formula is C23H33NO3. The highest BCUT2D eigenvalue weighted by atomic mass is 16.5. The molecule has 2 bridgehead atoms. The molecule has 0 aromatic heterocycles. The van der Waals surface area contributed by atoms with E-state index in [2.05, 4.69) is 31.3 Å². The molecule has 5 atom stereocenters. The standard InChI is InChI=1S/C23H33NO3/c1-14(2)20(25)24-21-22(3,4)16-12-18-19(27-10-9-23(18,21)13-16)15-7-6-8-17(11-15)26-5/h6-8,11,14,16,18-19,21H,9-10,12-13H2,1-5H3,(H,24,25)/t16-,18-,19-,21+,23-/m1/s1. The van der Waals surface area contributed by atoms with Gasteiger partial charge in [-0.15, -0.1) is 0 Å². The molecular weight excluding hydrogens is 338 g/mol. The van der Waals surface area contributed by atoms with Crippen LogP contribution in [-0.2, 0) is 9.53 Å². The molecule has 4 rings (SSSR count). The van der Waals surface area contributed by atoms with Crippen molar-refractivity contribution in [3.63, 3.8) is 0 Å². The van der Waals surface area contributed by atoms with E-state index in [1.807, 2.05) is 26.0 Å². The Balaban J connectivity index is 1.68. The van der Waals surface area contributed by atoms with Crippen LogP contribution in [0.4, 0.5) is 0 Å². The second-order valence-corrected chi connectivity index (χ2v) is 9.71. The number of rotatable bonds is 4. The van der Waals surface area contributed by atoms with Gasteiger partial charge in [-0.05, 0) is 59.6 Å². The van der Waals surface area contributed by atoms with E-state index in [0.29, 0.717) is 11.8 Å². The van der Waals surface area contributed by atoms with Crippen molar-refractivity contribution in [2.24, 2.45) is 28.6 Å². The van der Waals surface area contributed by atoms with Gasteiger partial charge in [0.25, 0.3) is 0 Å². The molecule has 3 fully saturated rings. The van der Waals surface area contributed by atoms with E-state index in [1.165, 1.54) is 18.4 Å². The van der Waals surface area contributed by atoms with Crippen LogP contribution in [0.5, 0.6) is 5.75 Å². The molecule has 4 heteroatoms. The van der Waals surface area contributed by atoms with Crippen LogP contribution in [0.25, 0.3) is 0 Å². The van der Waals surface area contributed by atoms with Gasteiger partial charge in [-0.2, -0.15) is 0 Å². The molecule has 2 aliphatic carbocycles. The minimum Gasteiger partial charge on any atom is -0.497 e. The summed E-state index contributed by atoms with van der Waals surface area (Å²) in [6.45, 7) is 9.42. The summed E-state index contributed by atoms with van der Waals surface area (Å²) in [6.07, 6.45) is 3.52. The summed E-state index contributed by atoms with van der Waals surface area (Å²) in [4.78, 5) is 12.6.